The number of carboxylic acids is 1. The van der Waals surface area contributed by atoms with Crippen LogP contribution in [0.25, 0.3) is 0 Å². The first-order chi connectivity index (χ1) is 8.92. The summed E-state index contributed by atoms with van der Waals surface area (Å²) in [7, 11) is -1.30. The van der Waals surface area contributed by atoms with E-state index in [9.17, 15) is 13.2 Å². The van der Waals surface area contributed by atoms with E-state index in [0.717, 1.165) is 0 Å². The van der Waals surface area contributed by atoms with E-state index in [-0.39, 0.29) is 16.6 Å². The molecule has 1 aliphatic rings. The standard InChI is InChI=1S/C11H17N3O4S/c1-14-10(9(6-13-14)11(15)16)7-12-5-8-3-2-4-19(8,17)18/h6,8,12H,2-5,7H2,1H3,(H,15,16). The van der Waals surface area contributed by atoms with Gasteiger partial charge in [-0.2, -0.15) is 5.10 Å². The van der Waals surface area contributed by atoms with Gasteiger partial charge in [0, 0.05) is 20.1 Å². The number of aryl methyl sites for hydroxylation is 1. The number of carboxylic acid groups (broad SMARTS) is 1. The molecule has 0 saturated carbocycles. The molecule has 19 heavy (non-hydrogen) atoms. The first-order valence-corrected chi connectivity index (χ1v) is 7.80. The molecule has 0 spiro atoms. The van der Waals surface area contributed by atoms with E-state index < -0.39 is 15.8 Å². The SMILES string of the molecule is Cn1ncc(C(=O)O)c1CNCC1CCCS1(=O)=O. The van der Waals surface area contributed by atoms with Crippen LogP contribution in [0.2, 0.25) is 0 Å². The Hall–Kier alpha value is -1.41. The zero-order chi connectivity index (χ0) is 14.0. The van der Waals surface area contributed by atoms with Crippen LogP contribution in [0, 0.1) is 0 Å². The molecule has 1 aromatic rings. The van der Waals surface area contributed by atoms with Crippen molar-refractivity contribution in [1.82, 2.24) is 15.1 Å². The van der Waals surface area contributed by atoms with E-state index in [1.54, 1.807) is 7.05 Å². The number of sulfone groups is 1. The summed E-state index contributed by atoms with van der Waals surface area (Å²) < 4.78 is 24.8. The Balaban J connectivity index is 1.97. The Labute approximate surface area is 111 Å². The fourth-order valence-corrected chi connectivity index (χ4v) is 4.09. The molecule has 8 heteroatoms. The molecule has 106 valence electrons. The van der Waals surface area contributed by atoms with Gasteiger partial charge in [-0.3, -0.25) is 4.68 Å². The molecule has 0 radical (unpaired) electrons. The van der Waals surface area contributed by atoms with Crippen LogP contribution in [0.3, 0.4) is 0 Å². The zero-order valence-electron chi connectivity index (χ0n) is 10.7. The Morgan fingerprint density at radius 1 is 1.63 bits per heavy atom. The largest absolute Gasteiger partial charge is 0.478 e. The summed E-state index contributed by atoms with van der Waals surface area (Å²) in [6.45, 7) is 0.650. The van der Waals surface area contributed by atoms with E-state index in [1.165, 1.54) is 10.9 Å². The third-order valence-corrected chi connectivity index (χ3v) is 5.70. The molecule has 1 aromatic heterocycles. The van der Waals surface area contributed by atoms with Crippen molar-refractivity contribution in [3.8, 4) is 0 Å². The zero-order valence-corrected chi connectivity index (χ0v) is 11.5. The van der Waals surface area contributed by atoms with Crippen LogP contribution in [0.15, 0.2) is 6.20 Å². The number of nitrogens with one attached hydrogen (secondary N) is 1. The molecular formula is C11H17N3O4S. The lowest BCUT2D eigenvalue weighted by atomic mass is 10.2. The predicted molar refractivity (Wildman–Crippen MR) is 68.7 cm³/mol. The maximum Gasteiger partial charge on any atom is 0.339 e. The van der Waals surface area contributed by atoms with Crippen LogP contribution < -0.4 is 5.32 Å². The van der Waals surface area contributed by atoms with Crippen molar-refractivity contribution in [1.29, 1.82) is 0 Å². The van der Waals surface area contributed by atoms with Gasteiger partial charge in [0.1, 0.15) is 5.56 Å². The Morgan fingerprint density at radius 2 is 2.37 bits per heavy atom. The molecule has 0 bridgehead atoms. The van der Waals surface area contributed by atoms with Gasteiger partial charge in [-0.1, -0.05) is 0 Å². The van der Waals surface area contributed by atoms with Gasteiger partial charge < -0.3 is 10.4 Å². The second-order valence-electron chi connectivity index (χ2n) is 4.70. The van der Waals surface area contributed by atoms with E-state index >= 15 is 0 Å². The average molecular weight is 287 g/mol. The van der Waals surface area contributed by atoms with Crippen LogP contribution in [0.5, 0.6) is 0 Å². The highest BCUT2D eigenvalue weighted by atomic mass is 32.2. The van der Waals surface area contributed by atoms with Gasteiger partial charge in [0.05, 0.1) is 22.9 Å². The van der Waals surface area contributed by atoms with Gasteiger partial charge in [0.2, 0.25) is 0 Å². The summed E-state index contributed by atoms with van der Waals surface area (Å²) in [5.41, 5.74) is 0.687. The van der Waals surface area contributed by atoms with Gasteiger partial charge in [-0.15, -0.1) is 0 Å². The molecule has 2 heterocycles. The summed E-state index contributed by atoms with van der Waals surface area (Å²) in [5, 5.41) is 15.6. The summed E-state index contributed by atoms with van der Waals surface area (Å²) in [4.78, 5) is 11.0. The smallest absolute Gasteiger partial charge is 0.339 e. The molecule has 7 nitrogen and oxygen atoms in total. The number of nitrogens with zero attached hydrogens (tertiary/aromatic N) is 2. The van der Waals surface area contributed by atoms with Crippen molar-refractivity contribution < 1.29 is 18.3 Å². The molecule has 0 aromatic carbocycles. The van der Waals surface area contributed by atoms with Crippen LogP contribution in [-0.2, 0) is 23.4 Å². The molecule has 1 aliphatic heterocycles. The van der Waals surface area contributed by atoms with Crippen molar-refractivity contribution in [2.75, 3.05) is 12.3 Å². The van der Waals surface area contributed by atoms with E-state index in [2.05, 4.69) is 10.4 Å². The Bertz CT molecular complexity index is 579. The summed E-state index contributed by atoms with van der Waals surface area (Å²) >= 11 is 0. The van der Waals surface area contributed by atoms with Crippen molar-refractivity contribution >= 4 is 15.8 Å². The van der Waals surface area contributed by atoms with Gasteiger partial charge in [0.15, 0.2) is 9.84 Å². The summed E-state index contributed by atoms with van der Waals surface area (Å²) in [6.07, 6.45) is 2.68. The van der Waals surface area contributed by atoms with E-state index in [4.69, 9.17) is 5.11 Å². The highest BCUT2D eigenvalue weighted by Gasteiger charge is 2.30. The lowest BCUT2D eigenvalue weighted by Gasteiger charge is -2.11. The summed E-state index contributed by atoms with van der Waals surface area (Å²) in [6, 6.07) is 0. The maximum atomic E-state index is 11.6. The molecule has 1 unspecified atom stereocenters. The highest BCUT2D eigenvalue weighted by Crippen LogP contribution is 2.19. The molecule has 2 N–H and O–H groups in total. The normalized spacial score (nSPS) is 21.6. The Kier molecular flexibility index (Phi) is 3.91. The van der Waals surface area contributed by atoms with Crippen molar-refractivity contribution in [3.63, 3.8) is 0 Å². The first kappa shape index (κ1) is 14.0. The lowest BCUT2D eigenvalue weighted by molar-refractivity contribution is 0.0695. The number of aromatic nitrogens is 2. The molecule has 1 saturated heterocycles. The third-order valence-electron chi connectivity index (χ3n) is 3.42. The lowest BCUT2D eigenvalue weighted by Crippen LogP contribution is -2.31. The van der Waals surface area contributed by atoms with Gasteiger partial charge >= 0.3 is 5.97 Å². The Morgan fingerprint density at radius 3 is 2.95 bits per heavy atom. The van der Waals surface area contributed by atoms with Crippen LogP contribution in [-0.4, -0.2) is 46.8 Å². The fourth-order valence-electron chi connectivity index (χ4n) is 2.29. The van der Waals surface area contributed by atoms with Crippen LogP contribution in [0.1, 0.15) is 28.9 Å². The van der Waals surface area contributed by atoms with Gasteiger partial charge in [0.25, 0.3) is 0 Å². The van der Waals surface area contributed by atoms with E-state index in [0.29, 0.717) is 31.6 Å². The van der Waals surface area contributed by atoms with Crippen LogP contribution >= 0.6 is 0 Å². The molecular weight excluding hydrogens is 270 g/mol. The quantitative estimate of drug-likeness (QED) is 0.776. The van der Waals surface area contributed by atoms with E-state index in [1.807, 2.05) is 0 Å². The minimum absolute atomic E-state index is 0.143. The van der Waals surface area contributed by atoms with Crippen molar-refractivity contribution in [3.05, 3.63) is 17.5 Å². The average Bonchev–Trinajstić information content (AvgIpc) is 2.84. The number of hydrogen-bond donors (Lipinski definition) is 2. The number of rotatable bonds is 5. The topological polar surface area (TPSA) is 101 Å². The molecule has 2 rings (SSSR count). The molecule has 0 amide bonds. The van der Waals surface area contributed by atoms with Crippen molar-refractivity contribution in [2.24, 2.45) is 7.05 Å². The third kappa shape index (κ3) is 2.95. The molecule has 1 atom stereocenters. The van der Waals surface area contributed by atoms with Gasteiger partial charge in [-0.25, -0.2) is 13.2 Å². The van der Waals surface area contributed by atoms with Crippen molar-refractivity contribution in [2.45, 2.75) is 24.6 Å². The van der Waals surface area contributed by atoms with Crippen LogP contribution in [0.4, 0.5) is 0 Å². The second kappa shape index (κ2) is 5.30. The predicted octanol–water partition coefficient (Wildman–Crippen LogP) is -0.215. The summed E-state index contributed by atoms with van der Waals surface area (Å²) in [5.74, 6) is -0.774. The second-order valence-corrected chi connectivity index (χ2v) is 7.10. The number of aromatic carboxylic acids is 1. The fraction of sp³-hybridized carbons (Fsp3) is 0.636. The number of carbonyl (C=O) groups is 1. The first-order valence-electron chi connectivity index (χ1n) is 6.08. The highest BCUT2D eigenvalue weighted by molar-refractivity contribution is 7.92. The minimum Gasteiger partial charge on any atom is -0.478 e. The minimum atomic E-state index is -2.97. The monoisotopic (exact) mass is 287 g/mol. The molecule has 0 aliphatic carbocycles. The van der Waals surface area contributed by atoms with Gasteiger partial charge in [-0.05, 0) is 12.8 Å². The number of hydrogen-bond acceptors (Lipinski definition) is 5. The maximum absolute atomic E-state index is 11.6. The molecule has 1 fully saturated rings.